The first kappa shape index (κ1) is 31.0. The van der Waals surface area contributed by atoms with Crippen LogP contribution < -0.4 is 4.74 Å². The highest BCUT2D eigenvalue weighted by molar-refractivity contribution is 5.99. The van der Waals surface area contributed by atoms with Crippen LogP contribution in [0.5, 0.6) is 5.75 Å². The van der Waals surface area contributed by atoms with Gasteiger partial charge in [0.05, 0.1) is 26.1 Å². The monoisotopic (exact) mass is 601 g/mol. The molecule has 230 valence electrons. The van der Waals surface area contributed by atoms with Gasteiger partial charge in [-0.1, -0.05) is 10.4 Å². The van der Waals surface area contributed by atoms with Crippen molar-refractivity contribution >= 4 is 41.0 Å². The highest BCUT2D eigenvalue weighted by atomic mass is 16.7. The van der Waals surface area contributed by atoms with Crippen LogP contribution in [0.15, 0.2) is 35.7 Å². The molecule has 2 aromatic heterocycles. The second-order valence-corrected chi connectivity index (χ2v) is 9.62. The van der Waals surface area contributed by atoms with E-state index in [2.05, 4.69) is 15.5 Å². The van der Waals surface area contributed by atoms with E-state index in [1.54, 1.807) is 25.4 Å². The summed E-state index contributed by atoms with van der Waals surface area (Å²) in [4.78, 5) is 47.8. The molecule has 1 N–H and O–H groups in total. The van der Waals surface area contributed by atoms with Gasteiger partial charge in [0, 0.05) is 50.4 Å². The van der Waals surface area contributed by atoms with Crippen molar-refractivity contribution in [1.29, 1.82) is 0 Å². The first-order valence-corrected chi connectivity index (χ1v) is 13.1. The van der Waals surface area contributed by atoms with Crippen LogP contribution in [0.4, 0.5) is 0 Å². The van der Waals surface area contributed by atoms with Gasteiger partial charge in [0.15, 0.2) is 24.5 Å². The number of esters is 4. The fourth-order valence-corrected chi connectivity index (χ4v) is 4.83. The van der Waals surface area contributed by atoms with Crippen LogP contribution in [0.3, 0.4) is 0 Å². The van der Waals surface area contributed by atoms with Gasteiger partial charge in [0.2, 0.25) is 0 Å². The summed E-state index contributed by atoms with van der Waals surface area (Å²) in [5.74, 6) is -2.22. The Hall–Kier alpha value is -4.99. The molecular weight excluding hydrogens is 570 g/mol. The van der Waals surface area contributed by atoms with Crippen molar-refractivity contribution in [1.82, 2.24) is 19.6 Å². The zero-order valence-electron chi connectivity index (χ0n) is 24.0. The molecule has 1 aliphatic rings. The molecule has 16 nitrogen and oxygen atoms in total. The Morgan fingerprint density at radius 1 is 0.977 bits per heavy atom. The molecule has 1 aliphatic heterocycles. The van der Waals surface area contributed by atoms with Gasteiger partial charge in [-0.15, -0.1) is 5.10 Å². The second-order valence-electron chi connectivity index (χ2n) is 9.62. The predicted molar refractivity (Wildman–Crippen MR) is 144 cm³/mol. The lowest BCUT2D eigenvalue weighted by atomic mass is 9.97. The third-order valence-corrected chi connectivity index (χ3v) is 6.43. The van der Waals surface area contributed by atoms with E-state index >= 15 is 0 Å². The van der Waals surface area contributed by atoms with Gasteiger partial charge >= 0.3 is 23.9 Å². The van der Waals surface area contributed by atoms with Crippen LogP contribution in [0, 0.1) is 0 Å². The number of carbonyl (C=O) groups excluding carboxylic acids is 4. The number of rotatable bonds is 10. The Bertz CT molecular complexity index is 1530. The maximum Gasteiger partial charge on any atom is 0.303 e. The number of ether oxygens (including phenoxy) is 6. The summed E-state index contributed by atoms with van der Waals surface area (Å²) in [5.41, 5.74) is 1.87. The number of oxime groups is 1. The molecule has 0 bridgehead atoms. The maximum absolute atomic E-state index is 12.1. The molecule has 0 aliphatic carbocycles. The Labute approximate surface area is 245 Å². The molecule has 1 saturated heterocycles. The summed E-state index contributed by atoms with van der Waals surface area (Å²) in [6.07, 6.45) is -1.74. The molecule has 1 aromatic carbocycles. The SMILES string of the molecule is COc1ccc2c(c1)c(/C=N/O)cn2Cc1cn([C@@H]2O[C@H](COC(C)=O)[C@@H](OC(C)=O)[C@H](OC(C)=O)[C@H]2OC(C)=O)nn1. The van der Waals surface area contributed by atoms with Gasteiger partial charge in [0.25, 0.3) is 0 Å². The van der Waals surface area contributed by atoms with Crippen molar-refractivity contribution in [3.8, 4) is 5.75 Å². The number of benzene rings is 1. The Morgan fingerprint density at radius 3 is 2.28 bits per heavy atom. The zero-order chi connectivity index (χ0) is 31.3. The number of fused-ring (bicyclic) bond motifs is 1. The van der Waals surface area contributed by atoms with E-state index in [1.807, 2.05) is 10.6 Å². The third-order valence-electron chi connectivity index (χ3n) is 6.43. The molecule has 43 heavy (non-hydrogen) atoms. The molecule has 3 aromatic rings. The molecule has 0 radical (unpaired) electrons. The number of hydrogen-bond donors (Lipinski definition) is 1. The minimum Gasteiger partial charge on any atom is -0.497 e. The maximum atomic E-state index is 12.1. The molecule has 3 heterocycles. The average Bonchev–Trinajstić information content (AvgIpc) is 3.53. The molecular formula is C27H31N5O11. The number of hydrogen-bond acceptors (Lipinski definition) is 14. The summed E-state index contributed by atoms with van der Waals surface area (Å²) in [5, 5.41) is 21.5. The Morgan fingerprint density at radius 2 is 1.65 bits per heavy atom. The molecule has 16 heteroatoms. The van der Waals surface area contributed by atoms with Crippen molar-refractivity contribution in [2.45, 2.75) is 64.9 Å². The number of nitrogens with zero attached hydrogens (tertiary/aromatic N) is 5. The fraction of sp³-hybridized carbons (Fsp3) is 0.444. The molecule has 5 atom stereocenters. The molecule has 0 saturated carbocycles. The van der Waals surface area contributed by atoms with E-state index in [1.165, 1.54) is 24.0 Å². The molecule has 0 spiro atoms. The van der Waals surface area contributed by atoms with E-state index in [0.29, 0.717) is 17.0 Å². The third kappa shape index (κ3) is 7.27. The van der Waals surface area contributed by atoms with Gasteiger partial charge in [-0.25, -0.2) is 4.68 Å². The van der Waals surface area contributed by atoms with E-state index in [9.17, 15) is 19.2 Å². The Kier molecular flexibility index (Phi) is 9.59. The first-order valence-electron chi connectivity index (χ1n) is 13.1. The zero-order valence-corrected chi connectivity index (χ0v) is 24.0. The lowest BCUT2D eigenvalue weighted by Crippen LogP contribution is -2.60. The molecule has 0 unspecified atom stereocenters. The highest BCUT2D eigenvalue weighted by Gasteiger charge is 2.53. The van der Waals surface area contributed by atoms with Crippen LogP contribution in [0.25, 0.3) is 10.9 Å². The van der Waals surface area contributed by atoms with Crippen LogP contribution >= 0.6 is 0 Å². The molecule has 4 rings (SSSR count). The van der Waals surface area contributed by atoms with Crippen LogP contribution in [-0.2, 0) is 49.4 Å². The normalized spacial score (nSPS) is 21.8. The predicted octanol–water partition coefficient (Wildman–Crippen LogP) is 1.35. The summed E-state index contributed by atoms with van der Waals surface area (Å²) in [6, 6.07) is 5.43. The van der Waals surface area contributed by atoms with Gasteiger partial charge in [-0.3, -0.25) is 19.2 Å². The smallest absolute Gasteiger partial charge is 0.303 e. The van der Waals surface area contributed by atoms with Gasteiger partial charge in [0.1, 0.15) is 24.2 Å². The van der Waals surface area contributed by atoms with Crippen LogP contribution in [-0.4, -0.2) is 93.0 Å². The Balaban J connectivity index is 1.71. The van der Waals surface area contributed by atoms with E-state index in [4.69, 9.17) is 33.6 Å². The number of carbonyl (C=O) groups is 4. The topological polar surface area (TPSA) is 192 Å². The van der Waals surface area contributed by atoms with Crippen molar-refractivity contribution in [3.63, 3.8) is 0 Å². The average molecular weight is 602 g/mol. The number of methoxy groups -OCH3 is 1. The highest BCUT2D eigenvalue weighted by Crippen LogP contribution is 2.34. The minimum atomic E-state index is -1.35. The quantitative estimate of drug-likeness (QED) is 0.115. The summed E-state index contributed by atoms with van der Waals surface area (Å²) < 4.78 is 36.1. The van der Waals surface area contributed by atoms with E-state index in [-0.39, 0.29) is 13.2 Å². The second kappa shape index (κ2) is 13.3. The first-order chi connectivity index (χ1) is 20.5. The standard InChI is InChI=1S/C27H31N5O11/c1-14(33)39-13-23-24(40-15(2)34)25(41-16(3)35)26(42-17(4)36)27(43-23)32-12-19(29-30-32)11-31-10-18(9-28-37)21-8-20(38-5)6-7-22(21)31/h6-10,12,23-27,37H,11,13H2,1-5H3/b28-9+/t23-,24-,25+,26-,27-/m1/s1. The van der Waals surface area contributed by atoms with Gasteiger partial charge in [-0.2, -0.15) is 0 Å². The van der Waals surface area contributed by atoms with Crippen LogP contribution in [0.2, 0.25) is 0 Å². The van der Waals surface area contributed by atoms with Crippen molar-refractivity contribution < 1.29 is 52.8 Å². The van der Waals surface area contributed by atoms with E-state index < -0.39 is 54.5 Å². The van der Waals surface area contributed by atoms with Crippen LogP contribution in [0.1, 0.15) is 45.2 Å². The van der Waals surface area contributed by atoms with Crippen molar-refractivity contribution in [3.05, 3.63) is 41.9 Å². The number of aromatic nitrogens is 4. The molecule has 0 amide bonds. The summed E-state index contributed by atoms with van der Waals surface area (Å²) >= 11 is 0. The van der Waals surface area contributed by atoms with E-state index in [0.717, 1.165) is 31.7 Å². The van der Waals surface area contributed by atoms with Crippen molar-refractivity contribution in [2.75, 3.05) is 13.7 Å². The summed E-state index contributed by atoms with van der Waals surface area (Å²) in [6.45, 7) is 4.47. The van der Waals surface area contributed by atoms with Gasteiger partial charge < -0.3 is 38.2 Å². The lowest BCUT2D eigenvalue weighted by Gasteiger charge is -2.44. The minimum absolute atomic E-state index is 0.216. The fourth-order valence-electron chi connectivity index (χ4n) is 4.83. The van der Waals surface area contributed by atoms with Gasteiger partial charge in [-0.05, 0) is 18.2 Å². The molecule has 1 fully saturated rings. The lowest BCUT2D eigenvalue weighted by molar-refractivity contribution is -0.270. The largest absolute Gasteiger partial charge is 0.497 e. The van der Waals surface area contributed by atoms with Crippen molar-refractivity contribution in [2.24, 2.45) is 5.16 Å². The summed E-state index contributed by atoms with van der Waals surface area (Å²) in [7, 11) is 1.55.